The minimum atomic E-state index is -0.114. The first-order valence-corrected chi connectivity index (χ1v) is 9.81. The molecule has 1 aromatic rings. The van der Waals surface area contributed by atoms with Gasteiger partial charge in [0.2, 0.25) is 0 Å². The normalized spacial score (nSPS) is 22.7. The molecule has 0 aromatic heterocycles. The van der Waals surface area contributed by atoms with E-state index in [1.165, 1.54) is 0 Å². The fourth-order valence-corrected chi connectivity index (χ4v) is 3.59. The van der Waals surface area contributed by atoms with Crippen molar-refractivity contribution in [3.8, 4) is 0 Å². The second-order valence-corrected chi connectivity index (χ2v) is 8.05. The number of morpholine rings is 1. The summed E-state index contributed by atoms with van der Waals surface area (Å²) in [7, 11) is 0. The third-order valence-corrected chi connectivity index (χ3v) is 5.04. The van der Waals surface area contributed by atoms with Crippen LogP contribution >= 0.6 is 0 Å². The second-order valence-electron chi connectivity index (χ2n) is 8.05. The van der Waals surface area contributed by atoms with E-state index in [1.54, 1.807) is 0 Å². The van der Waals surface area contributed by atoms with Crippen LogP contribution < -0.4 is 10.6 Å². The zero-order valence-corrected chi connectivity index (χ0v) is 16.9. The van der Waals surface area contributed by atoms with Crippen molar-refractivity contribution >= 4 is 6.03 Å². The summed E-state index contributed by atoms with van der Waals surface area (Å²) in [5.74, 6) is 0. The monoisotopic (exact) mass is 361 g/mol. The Morgan fingerprint density at radius 1 is 1.23 bits per heavy atom. The van der Waals surface area contributed by atoms with Crippen molar-refractivity contribution < 1.29 is 9.53 Å². The molecule has 3 atom stereocenters. The van der Waals surface area contributed by atoms with Gasteiger partial charge in [-0.1, -0.05) is 43.7 Å². The molecule has 5 nitrogen and oxygen atoms in total. The van der Waals surface area contributed by atoms with Crippen LogP contribution in [0.2, 0.25) is 0 Å². The van der Waals surface area contributed by atoms with Crippen LogP contribution in [0.15, 0.2) is 30.3 Å². The third-order valence-electron chi connectivity index (χ3n) is 5.04. The lowest BCUT2D eigenvalue weighted by Crippen LogP contribution is -2.59. The van der Waals surface area contributed by atoms with E-state index >= 15 is 0 Å². The van der Waals surface area contributed by atoms with Crippen LogP contribution in [0.3, 0.4) is 0 Å². The Balaban J connectivity index is 1.90. The molecule has 3 unspecified atom stereocenters. The van der Waals surface area contributed by atoms with Gasteiger partial charge in [-0.3, -0.25) is 4.90 Å². The number of ether oxygens (including phenoxy) is 1. The largest absolute Gasteiger partial charge is 0.373 e. The summed E-state index contributed by atoms with van der Waals surface area (Å²) in [5.41, 5.74) is 1.04. The zero-order valence-electron chi connectivity index (χ0n) is 16.9. The SMILES string of the molecule is CCCC(NC(=O)NCC(C)(C)N1CC(C)OC(C)C1)c1ccccc1. The van der Waals surface area contributed by atoms with Crippen LogP contribution in [0.25, 0.3) is 0 Å². The summed E-state index contributed by atoms with van der Waals surface area (Å²) in [5, 5.41) is 6.21. The molecule has 1 aliphatic heterocycles. The van der Waals surface area contributed by atoms with Crippen LogP contribution in [0.4, 0.5) is 4.79 Å². The molecule has 1 aliphatic rings. The number of benzene rings is 1. The van der Waals surface area contributed by atoms with E-state index < -0.39 is 0 Å². The summed E-state index contributed by atoms with van der Waals surface area (Å²) >= 11 is 0. The van der Waals surface area contributed by atoms with Crippen molar-refractivity contribution in [2.45, 2.75) is 71.2 Å². The molecular weight excluding hydrogens is 326 g/mol. The minimum Gasteiger partial charge on any atom is -0.373 e. The molecule has 26 heavy (non-hydrogen) atoms. The van der Waals surface area contributed by atoms with Gasteiger partial charge >= 0.3 is 6.03 Å². The molecule has 2 amide bonds. The Hall–Kier alpha value is -1.59. The average Bonchev–Trinajstić information content (AvgIpc) is 2.60. The topological polar surface area (TPSA) is 53.6 Å². The van der Waals surface area contributed by atoms with E-state index in [2.05, 4.69) is 62.3 Å². The minimum absolute atomic E-state index is 0.0488. The predicted octanol–water partition coefficient (Wildman–Crippen LogP) is 3.71. The summed E-state index contributed by atoms with van der Waals surface area (Å²) < 4.78 is 5.82. The molecule has 0 saturated carbocycles. The number of urea groups is 1. The van der Waals surface area contributed by atoms with Crippen molar-refractivity contribution in [3.63, 3.8) is 0 Å². The first-order valence-electron chi connectivity index (χ1n) is 9.81. The van der Waals surface area contributed by atoms with Gasteiger partial charge in [-0.2, -0.15) is 0 Å². The van der Waals surface area contributed by atoms with Crippen molar-refractivity contribution in [1.29, 1.82) is 0 Å². The highest BCUT2D eigenvalue weighted by Crippen LogP contribution is 2.21. The van der Waals surface area contributed by atoms with Crippen LogP contribution in [0, 0.1) is 0 Å². The number of hydrogen-bond acceptors (Lipinski definition) is 3. The van der Waals surface area contributed by atoms with Crippen molar-refractivity contribution in [2.24, 2.45) is 0 Å². The van der Waals surface area contributed by atoms with Crippen LogP contribution in [0.5, 0.6) is 0 Å². The highest BCUT2D eigenvalue weighted by atomic mass is 16.5. The summed E-state index contributed by atoms with van der Waals surface area (Å²) in [6, 6.07) is 10.1. The lowest BCUT2D eigenvalue weighted by Gasteiger charge is -2.45. The van der Waals surface area contributed by atoms with E-state index in [0.29, 0.717) is 6.54 Å². The quantitative estimate of drug-likeness (QED) is 0.778. The fourth-order valence-electron chi connectivity index (χ4n) is 3.59. The first-order chi connectivity index (χ1) is 12.3. The van der Waals surface area contributed by atoms with E-state index in [9.17, 15) is 4.79 Å². The number of nitrogens with zero attached hydrogens (tertiary/aromatic N) is 1. The molecule has 1 heterocycles. The molecule has 0 aliphatic carbocycles. The fraction of sp³-hybridized carbons (Fsp3) is 0.667. The Kier molecular flexibility index (Phi) is 7.47. The van der Waals surface area contributed by atoms with E-state index in [-0.39, 0.29) is 29.8 Å². The number of hydrogen-bond donors (Lipinski definition) is 2. The zero-order chi connectivity index (χ0) is 19.2. The molecule has 146 valence electrons. The maximum atomic E-state index is 12.5. The maximum Gasteiger partial charge on any atom is 0.315 e. The van der Waals surface area contributed by atoms with Gasteiger partial charge in [0.25, 0.3) is 0 Å². The average molecular weight is 362 g/mol. The van der Waals surface area contributed by atoms with E-state index in [4.69, 9.17) is 4.74 Å². The third kappa shape index (κ3) is 5.99. The molecule has 1 saturated heterocycles. The molecule has 1 aromatic carbocycles. The van der Waals surface area contributed by atoms with Gasteiger partial charge < -0.3 is 15.4 Å². The Morgan fingerprint density at radius 3 is 2.42 bits per heavy atom. The van der Waals surface area contributed by atoms with Crippen molar-refractivity contribution in [2.75, 3.05) is 19.6 Å². The lowest BCUT2D eigenvalue weighted by atomic mass is 10.00. The summed E-state index contributed by atoms with van der Waals surface area (Å²) in [6.45, 7) is 13.1. The number of carbonyl (C=O) groups is 1. The van der Waals surface area contributed by atoms with Crippen LogP contribution in [-0.4, -0.2) is 48.3 Å². The Morgan fingerprint density at radius 2 is 1.85 bits per heavy atom. The molecule has 0 spiro atoms. The van der Waals surface area contributed by atoms with Gasteiger partial charge in [0.15, 0.2) is 0 Å². The van der Waals surface area contributed by atoms with Gasteiger partial charge in [0.1, 0.15) is 0 Å². The van der Waals surface area contributed by atoms with Gasteiger partial charge in [-0.25, -0.2) is 4.79 Å². The van der Waals surface area contributed by atoms with E-state index in [1.807, 2.05) is 18.2 Å². The van der Waals surface area contributed by atoms with Crippen molar-refractivity contribution in [1.82, 2.24) is 15.5 Å². The highest BCUT2D eigenvalue weighted by Gasteiger charge is 2.33. The van der Waals surface area contributed by atoms with E-state index in [0.717, 1.165) is 31.5 Å². The molecule has 1 fully saturated rings. The maximum absolute atomic E-state index is 12.5. The number of rotatable bonds is 7. The molecule has 5 heteroatoms. The summed E-state index contributed by atoms with van der Waals surface area (Å²) in [6.07, 6.45) is 2.39. The molecule has 2 rings (SSSR count). The summed E-state index contributed by atoms with van der Waals surface area (Å²) in [4.78, 5) is 14.9. The smallest absolute Gasteiger partial charge is 0.315 e. The Bertz CT molecular complexity index is 552. The molecule has 2 N–H and O–H groups in total. The second kappa shape index (κ2) is 9.38. The lowest BCUT2D eigenvalue weighted by molar-refractivity contribution is -0.0947. The number of amides is 2. The Labute approximate surface area is 158 Å². The number of nitrogens with one attached hydrogen (secondary N) is 2. The molecular formula is C21H35N3O2. The van der Waals surface area contributed by atoms with Gasteiger partial charge in [0, 0.05) is 25.2 Å². The van der Waals surface area contributed by atoms with Crippen LogP contribution in [-0.2, 0) is 4.74 Å². The van der Waals surface area contributed by atoms with Gasteiger partial charge in [-0.15, -0.1) is 0 Å². The highest BCUT2D eigenvalue weighted by molar-refractivity contribution is 5.74. The first kappa shape index (κ1) is 20.7. The van der Waals surface area contributed by atoms with Gasteiger partial charge in [0.05, 0.1) is 18.2 Å². The predicted molar refractivity (Wildman–Crippen MR) is 106 cm³/mol. The van der Waals surface area contributed by atoms with Crippen molar-refractivity contribution in [3.05, 3.63) is 35.9 Å². The molecule has 0 radical (unpaired) electrons. The molecule has 0 bridgehead atoms. The number of carbonyl (C=O) groups excluding carboxylic acids is 1. The van der Waals surface area contributed by atoms with Gasteiger partial charge in [-0.05, 0) is 39.7 Å². The standard InChI is InChI=1S/C21H35N3O2/c1-6-10-19(18-11-8-7-9-12-18)23-20(25)22-15-21(4,5)24-13-16(2)26-17(3)14-24/h7-9,11-12,16-17,19H,6,10,13-15H2,1-5H3,(H2,22,23,25). The van der Waals surface area contributed by atoms with Crippen LogP contribution in [0.1, 0.15) is 59.1 Å².